The molecule has 4 nitrogen and oxygen atoms in total. The number of piperidine rings is 2. The molecule has 6 rings (SSSR count). The first kappa shape index (κ1) is 22.2. The first-order valence-electron chi connectivity index (χ1n) is 12.3. The van der Waals surface area contributed by atoms with E-state index in [1.165, 1.54) is 23.3 Å². The molecule has 0 aromatic heterocycles. The molecule has 0 radical (unpaired) electrons. The Morgan fingerprint density at radius 2 is 1.51 bits per heavy atom. The molecule has 35 heavy (non-hydrogen) atoms. The molecule has 2 aliphatic heterocycles. The van der Waals surface area contributed by atoms with Crippen LogP contribution in [0.1, 0.15) is 54.7 Å². The van der Waals surface area contributed by atoms with E-state index in [0.29, 0.717) is 12.8 Å². The van der Waals surface area contributed by atoms with E-state index >= 15 is 0 Å². The molecule has 2 bridgehead atoms. The largest absolute Gasteiger partial charge is 0.448 e. The predicted octanol–water partition coefficient (Wildman–Crippen LogP) is 6.12. The maximum absolute atomic E-state index is 14.6. The number of carbonyl (C=O) groups excluding carboxylic acids is 1. The molecular weight excluding hydrogens is 448 g/mol. The van der Waals surface area contributed by atoms with E-state index in [4.69, 9.17) is 4.74 Å². The van der Waals surface area contributed by atoms with Crippen LogP contribution in [-0.4, -0.2) is 34.8 Å². The Balaban J connectivity index is 1.22. The molecular formula is C29H27F2NO3. The lowest BCUT2D eigenvalue weighted by molar-refractivity contribution is -0.0908. The van der Waals surface area contributed by atoms with Gasteiger partial charge in [0.2, 0.25) is 0 Å². The third-order valence-corrected chi connectivity index (χ3v) is 8.01. The Labute approximate surface area is 203 Å². The van der Waals surface area contributed by atoms with Crippen molar-refractivity contribution in [2.24, 2.45) is 0 Å². The smallest absolute Gasteiger partial charge is 0.410 e. The minimum Gasteiger partial charge on any atom is -0.448 e. The van der Waals surface area contributed by atoms with Gasteiger partial charge in [0, 0.05) is 36.4 Å². The van der Waals surface area contributed by atoms with Gasteiger partial charge in [-0.1, -0.05) is 60.7 Å². The fourth-order valence-corrected chi connectivity index (χ4v) is 6.48. The number of aliphatic hydroxyl groups is 1. The van der Waals surface area contributed by atoms with Gasteiger partial charge in [-0.2, -0.15) is 0 Å². The van der Waals surface area contributed by atoms with Gasteiger partial charge in [0.25, 0.3) is 0 Å². The highest BCUT2D eigenvalue weighted by molar-refractivity contribution is 5.79. The molecule has 2 unspecified atom stereocenters. The lowest BCUT2D eigenvalue weighted by Crippen LogP contribution is -2.59. The summed E-state index contributed by atoms with van der Waals surface area (Å²) in [6.45, 7) is 0.228. The van der Waals surface area contributed by atoms with Crippen LogP contribution in [0.25, 0.3) is 11.1 Å². The number of rotatable bonds is 3. The zero-order valence-electron chi connectivity index (χ0n) is 19.3. The zero-order valence-corrected chi connectivity index (χ0v) is 19.3. The number of nitrogens with zero attached hydrogens (tertiary/aromatic N) is 1. The molecule has 0 spiro atoms. The van der Waals surface area contributed by atoms with E-state index in [2.05, 4.69) is 24.3 Å². The summed E-state index contributed by atoms with van der Waals surface area (Å²) >= 11 is 0. The van der Waals surface area contributed by atoms with E-state index in [1.807, 2.05) is 24.3 Å². The molecule has 1 aliphatic carbocycles. The van der Waals surface area contributed by atoms with Crippen molar-refractivity contribution < 1.29 is 23.4 Å². The summed E-state index contributed by atoms with van der Waals surface area (Å²) in [7, 11) is 0. The quantitative estimate of drug-likeness (QED) is 0.497. The van der Waals surface area contributed by atoms with Crippen LogP contribution in [0.3, 0.4) is 0 Å². The Hall–Kier alpha value is -3.25. The Morgan fingerprint density at radius 1 is 0.914 bits per heavy atom. The third kappa shape index (κ3) is 3.62. The summed E-state index contributed by atoms with van der Waals surface area (Å²) in [4.78, 5) is 15.1. The molecule has 2 saturated heterocycles. The molecule has 3 aliphatic rings. The summed E-state index contributed by atoms with van der Waals surface area (Å²) in [6.07, 6.45) is 2.23. The standard InChI is InChI=1S/C29H27F2NO3/c30-26-14-6-13-25(27(26)31)29(34)15-18-7-5-8-19(16-29)32(18)28(33)35-17-24-22-11-3-1-9-20(22)21-10-2-4-12-23(21)24/h1-4,6,9-14,18-19,24,34H,5,7-8,15-17H2. The number of carbonyl (C=O) groups is 1. The minimum absolute atomic E-state index is 0.0263. The second-order valence-corrected chi connectivity index (χ2v) is 9.99. The zero-order chi connectivity index (χ0) is 24.2. The average molecular weight is 476 g/mol. The molecule has 1 N–H and O–H groups in total. The van der Waals surface area contributed by atoms with Crippen molar-refractivity contribution in [2.75, 3.05) is 6.61 Å². The van der Waals surface area contributed by atoms with Gasteiger partial charge in [-0.3, -0.25) is 0 Å². The van der Waals surface area contributed by atoms with Crippen molar-refractivity contribution in [2.45, 2.75) is 55.7 Å². The highest BCUT2D eigenvalue weighted by Crippen LogP contribution is 2.47. The molecule has 0 saturated carbocycles. The summed E-state index contributed by atoms with van der Waals surface area (Å²) in [5.74, 6) is -2.02. The van der Waals surface area contributed by atoms with Crippen LogP contribution in [0.15, 0.2) is 66.7 Å². The molecule has 3 aromatic carbocycles. The topological polar surface area (TPSA) is 49.8 Å². The van der Waals surface area contributed by atoms with E-state index < -0.39 is 23.3 Å². The van der Waals surface area contributed by atoms with Gasteiger partial charge in [0.15, 0.2) is 11.6 Å². The second kappa shape index (κ2) is 8.45. The lowest BCUT2D eigenvalue weighted by atomic mass is 9.72. The SMILES string of the molecule is O=C(OCC1c2ccccc2-c2ccccc21)N1C2CCCC1CC(O)(c1cccc(F)c1F)C2. The van der Waals surface area contributed by atoms with Gasteiger partial charge in [-0.25, -0.2) is 13.6 Å². The first-order valence-corrected chi connectivity index (χ1v) is 12.3. The number of benzene rings is 3. The van der Waals surface area contributed by atoms with Crippen molar-refractivity contribution in [1.82, 2.24) is 4.90 Å². The Kier molecular flexibility index (Phi) is 5.37. The van der Waals surface area contributed by atoms with E-state index in [0.717, 1.165) is 23.6 Å². The van der Waals surface area contributed by atoms with Crippen LogP contribution in [-0.2, 0) is 10.3 Å². The monoisotopic (exact) mass is 475 g/mol. The number of amides is 1. The van der Waals surface area contributed by atoms with Gasteiger partial charge < -0.3 is 14.7 Å². The van der Waals surface area contributed by atoms with Gasteiger partial charge in [-0.05, 0) is 47.6 Å². The summed E-state index contributed by atoms with van der Waals surface area (Å²) < 4.78 is 34.4. The van der Waals surface area contributed by atoms with Gasteiger partial charge >= 0.3 is 6.09 Å². The normalized spacial score (nSPS) is 25.2. The van der Waals surface area contributed by atoms with E-state index in [9.17, 15) is 18.7 Å². The Bertz CT molecular complexity index is 1230. The van der Waals surface area contributed by atoms with Crippen LogP contribution in [0.2, 0.25) is 0 Å². The van der Waals surface area contributed by atoms with E-state index in [-0.39, 0.29) is 43.0 Å². The van der Waals surface area contributed by atoms with Gasteiger partial charge in [0.1, 0.15) is 6.61 Å². The molecule has 6 heteroatoms. The highest BCUT2D eigenvalue weighted by atomic mass is 19.2. The summed E-state index contributed by atoms with van der Waals surface area (Å²) in [5.41, 5.74) is 3.10. The number of ether oxygens (including phenoxy) is 1. The number of halogens is 2. The lowest BCUT2D eigenvalue weighted by Gasteiger charge is -2.51. The van der Waals surface area contributed by atoms with Crippen LogP contribution >= 0.6 is 0 Å². The van der Waals surface area contributed by atoms with E-state index in [1.54, 1.807) is 4.90 Å². The van der Waals surface area contributed by atoms with Crippen LogP contribution in [0.5, 0.6) is 0 Å². The fourth-order valence-electron chi connectivity index (χ4n) is 6.48. The highest BCUT2D eigenvalue weighted by Gasteiger charge is 2.50. The first-order chi connectivity index (χ1) is 17.0. The Morgan fingerprint density at radius 3 is 2.14 bits per heavy atom. The van der Waals surface area contributed by atoms with Crippen LogP contribution in [0.4, 0.5) is 13.6 Å². The maximum Gasteiger partial charge on any atom is 0.410 e. The molecule has 3 aromatic rings. The third-order valence-electron chi connectivity index (χ3n) is 8.01. The van der Waals surface area contributed by atoms with Gasteiger partial charge in [0.05, 0.1) is 5.60 Å². The van der Waals surface area contributed by atoms with Crippen molar-refractivity contribution in [3.05, 3.63) is 95.1 Å². The molecule has 2 fully saturated rings. The molecule has 2 heterocycles. The van der Waals surface area contributed by atoms with Crippen molar-refractivity contribution in [3.63, 3.8) is 0 Å². The fraction of sp³-hybridized carbons (Fsp3) is 0.345. The van der Waals surface area contributed by atoms with Crippen LogP contribution < -0.4 is 0 Å². The second-order valence-electron chi connectivity index (χ2n) is 9.99. The van der Waals surface area contributed by atoms with Gasteiger partial charge in [-0.15, -0.1) is 0 Å². The van der Waals surface area contributed by atoms with Crippen molar-refractivity contribution in [3.8, 4) is 11.1 Å². The number of hydrogen-bond acceptors (Lipinski definition) is 3. The molecule has 2 atom stereocenters. The van der Waals surface area contributed by atoms with Crippen molar-refractivity contribution >= 4 is 6.09 Å². The van der Waals surface area contributed by atoms with Crippen LogP contribution in [0, 0.1) is 11.6 Å². The maximum atomic E-state index is 14.6. The molecule has 180 valence electrons. The predicted molar refractivity (Wildman–Crippen MR) is 128 cm³/mol. The average Bonchev–Trinajstić information content (AvgIpc) is 3.17. The summed E-state index contributed by atoms with van der Waals surface area (Å²) in [6, 6.07) is 19.7. The molecule has 1 amide bonds. The number of fused-ring (bicyclic) bond motifs is 5. The summed E-state index contributed by atoms with van der Waals surface area (Å²) in [5, 5.41) is 11.4. The van der Waals surface area contributed by atoms with Crippen molar-refractivity contribution in [1.29, 1.82) is 0 Å². The minimum atomic E-state index is -1.51. The number of hydrogen-bond donors (Lipinski definition) is 1.